The molecule has 0 saturated carbocycles. The number of fused-ring (bicyclic) bond motifs is 6. The smallest absolute Gasteiger partial charge is 0.137 e. The lowest BCUT2D eigenvalue weighted by atomic mass is 9.97. The molecule has 0 aliphatic carbocycles. The van der Waals surface area contributed by atoms with Crippen LogP contribution in [0.2, 0.25) is 0 Å². The zero-order valence-electron chi connectivity index (χ0n) is 18.5. The summed E-state index contributed by atoms with van der Waals surface area (Å²) in [6, 6.07) is 42.7. The van der Waals surface area contributed by atoms with Crippen LogP contribution in [0.4, 0.5) is 11.4 Å². The Hall–Kier alpha value is -4.56. The Bertz CT molecular complexity index is 1830. The van der Waals surface area contributed by atoms with Gasteiger partial charge in [0.1, 0.15) is 11.2 Å². The third-order valence-corrected chi connectivity index (χ3v) is 6.64. The summed E-state index contributed by atoms with van der Waals surface area (Å²) in [5.74, 6) is 0. The Morgan fingerprint density at radius 3 is 2.09 bits per heavy atom. The molecule has 0 saturated heterocycles. The van der Waals surface area contributed by atoms with Crippen molar-refractivity contribution in [2.45, 2.75) is 0 Å². The predicted molar refractivity (Wildman–Crippen MR) is 144 cm³/mol. The molecular formula is C32H21NO. The molecule has 1 N–H and O–H groups in total. The normalized spacial score (nSPS) is 11.5. The highest BCUT2D eigenvalue weighted by atomic mass is 16.3. The van der Waals surface area contributed by atoms with Crippen molar-refractivity contribution in [1.82, 2.24) is 0 Å². The number of benzene rings is 6. The summed E-state index contributed by atoms with van der Waals surface area (Å²) in [5.41, 5.74) is 6.32. The van der Waals surface area contributed by atoms with Crippen molar-refractivity contribution in [3.05, 3.63) is 121 Å². The van der Waals surface area contributed by atoms with Gasteiger partial charge in [0, 0.05) is 11.1 Å². The molecule has 7 aromatic rings. The molecule has 0 aliphatic heterocycles. The summed E-state index contributed by atoms with van der Waals surface area (Å²) < 4.78 is 6.03. The minimum absolute atomic E-state index is 0.895. The maximum absolute atomic E-state index is 6.03. The average Bonchev–Trinajstić information content (AvgIpc) is 3.28. The molecule has 0 atom stereocenters. The van der Waals surface area contributed by atoms with Crippen LogP contribution in [-0.2, 0) is 0 Å². The number of hydrogen-bond donors (Lipinski definition) is 1. The molecule has 6 aromatic carbocycles. The number of hydrogen-bond acceptors (Lipinski definition) is 2. The number of rotatable bonds is 3. The fourth-order valence-corrected chi connectivity index (χ4v) is 4.97. The van der Waals surface area contributed by atoms with E-state index in [1.807, 2.05) is 24.3 Å². The first-order valence-corrected chi connectivity index (χ1v) is 11.5. The van der Waals surface area contributed by atoms with Crippen molar-refractivity contribution >= 4 is 54.9 Å². The van der Waals surface area contributed by atoms with Crippen LogP contribution in [0, 0.1) is 0 Å². The van der Waals surface area contributed by atoms with Crippen molar-refractivity contribution < 1.29 is 4.42 Å². The van der Waals surface area contributed by atoms with Crippen LogP contribution in [0.1, 0.15) is 0 Å². The van der Waals surface area contributed by atoms with Gasteiger partial charge in [0.05, 0.1) is 11.1 Å². The first-order valence-electron chi connectivity index (χ1n) is 11.5. The van der Waals surface area contributed by atoms with E-state index in [1.165, 1.54) is 32.7 Å². The van der Waals surface area contributed by atoms with E-state index in [1.54, 1.807) is 0 Å². The molecule has 2 heteroatoms. The summed E-state index contributed by atoms with van der Waals surface area (Å²) in [5, 5.41) is 11.0. The van der Waals surface area contributed by atoms with Crippen LogP contribution in [-0.4, -0.2) is 0 Å². The standard InChI is InChI=1S/C32H21NO/c1-2-7-26-22(6-1)12-13-24-20-23(16-19-27(24)26)21-14-17-25(18-15-21)33-29-9-5-11-31-32(29)28-8-3-4-10-30(28)34-31/h1-20,33H. The van der Waals surface area contributed by atoms with Gasteiger partial charge in [-0.1, -0.05) is 84.9 Å². The van der Waals surface area contributed by atoms with Crippen LogP contribution in [0.5, 0.6) is 0 Å². The van der Waals surface area contributed by atoms with E-state index >= 15 is 0 Å². The van der Waals surface area contributed by atoms with E-state index in [2.05, 4.69) is 102 Å². The Morgan fingerprint density at radius 1 is 0.471 bits per heavy atom. The highest BCUT2D eigenvalue weighted by molar-refractivity contribution is 6.12. The Balaban J connectivity index is 1.24. The lowest BCUT2D eigenvalue weighted by molar-refractivity contribution is 0.669. The largest absolute Gasteiger partial charge is 0.456 e. The molecule has 0 spiro atoms. The summed E-state index contributed by atoms with van der Waals surface area (Å²) in [6.45, 7) is 0. The van der Waals surface area contributed by atoms with Crippen molar-refractivity contribution in [3.63, 3.8) is 0 Å². The number of furan rings is 1. The minimum Gasteiger partial charge on any atom is -0.456 e. The molecule has 0 amide bonds. The van der Waals surface area contributed by atoms with Gasteiger partial charge in [-0.3, -0.25) is 0 Å². The molecule has 2 nitrogen and oxygen atoms in total. The molecule has 7 rings (SSSR count). The summed E-state index contributed by atoms with van der Waals surface area (Å²) >= 11 is 0. The van der Waals surface area contributed by atoms with E-state index < -0.39 is 0 Å². The second-order valence-electron chi connectivity index (χ2n) is 8.70. The van der Waals surface area contributed by atoms with Crippen LogP contribution < -0.4 is 5.32 Å². The lowest BCUT2D eigenvalue weighted by Gasteiger charge is -2.10. The Kier molecular flexibility index (Phi) is 4.18. The van der Waals surface area contributed by atoms with Gasteiger partial charge >= 0.3 is 0 Å². The van der Waals surface area contributed by atoms with Crippen LogP contribution >= 0.6 is 0 Å². The number of para-hydroxylation sites is 1. The Morgan fingerprint density at radius 2 is 1.18 bits per heavy atom. The molecule has 0 unspecified atom stereocenters. The van der Waals surface area contributed by atoms with Gasteiger partial charge < -0.3 is 9.73 Å². The second-order valence-corrected chi connectivity index (χ2v) is 8.70. The number of anilines is 2. The molecule has 0 fully saturated rings. The summed E-state index contributed by atoms with van der Waals surface area (Å²) in [6.07, 6.45) is 0. The molecular weight excluding hydrogens is 414 g/mol. The molecule has 1 heterocycles. The van der Waals surface area contributed by atoms with Crippen molar-refractivity contribution in [1.29, 1.82) is 0 Å². The van der Waals surface area contributed by atoms with Crippen LogP contribution in [0.3, 0.4) is 0 Å². The Labute approximate surface area is 197 Å². The second kappa shape index (κ2) is 7.50. The quantitative estimate of drug-likeness (QED) is 0.280. The zero-order chi connectivity index (χ0) is 22.5. The monoisotopic (exact) mass is 435 g/mol. The van der Waals surface area contributed by atoms with E-state index in [0.717, 1.165) is 33.3 Å². The first-order chi connectivity index (χ1) is 16.8. The van der Waals surface area contributed by atoms with Crippen LogP contribution in [0.15, 0.2) is 126 Å². The molecule has 0 aliphatic rings. The third-order valence-electron chi connectivity index (χ3n) is 6.64. The summed E-state index contributed by atoms with van der Waals surface area (Å²) in [7, 11) is 0. The zero-order valence-corrected chi connectivity index (χ0v) is 18.5. The minimum atomic E-state index is 0.895. The van der Waals surface area contributed by atoms with Gasteiger partial charge in [-0.25, -0.2) is 0 Å². The molecule has 34 heavy (non-hydrogen) atoms. The van der Waals surface area contributed by atoms with Gasteiger partial charge in [0.25, 0.3) is 0 Å². The topological polar surface area (TPSA) is 25.2 Å². The van der Waals surface area contributed by atoms with E-state index in [9.17, 15) is 0 Å². The molecule has 1 aromatic heterocycles. The fourth-order valence-electron chi connectivity index (χ4n) is 4.97. The number of nitrogens with one attached hydrogen (secondary N) is 1. The van der Waals surface area contributed by atoms with Crippen molar-refractivity contribution in [2.75, 3.05) is 5.32 Å². The van der Waals surface area contributed by atoms with Crippen LogP contribution in [0.25, 0.3) is 54.6 Å². The van der Waals surface area contributed by atoms with Gasteiger partial charge in [0.15, 0.2) is 0 Å². The van der Waals surface area contributed by atoms with Gasteiger partial charge in [-0.2, -0.15) is 0 Å². The van der Waals surface area contributed by atoms with Gasteiger partial charge in [0.2, 0.25) is 0 Å². The van der Waals surface area contributed by atoms with E-state index in [4.69, 9.17) is 4.42 Å². The van der Waals surface area contributed by atoms with Gasteiger partial charge in [-0.15, -0.1) is 0 Å². The predicted octanol–water partition coefficient (Wildman–Crippen LogP) is 9.30. The SMILES string of the molecule is c1ccc2c(c1)ccc1cc(-c3ccc(Nc4cccc5oc6ccccc6c45)cc3)ccc12. The van der Waals surface area contributed by atoms with Gasteiger partial charge in [-0.05, 0) is 69.1 Å². The molecule has 0 bridgehead atoms. The fraction of sp³-hybridized carbons (Fsp3) is 0. The van der Waals surface area contributed by atoms with Crippen molar-refractivity contribution in [2.24, 2.45) is 0 Å². The van der Waals surface area contributed by atoms with E-state index in [-0.39, 0.29) is 0 Å². The highest BCUT2D eigenvalue weighted by Gasteiger charge is 2.11. The summed E-state index contributed by atoms with van der Waals surface area (Å²) in [4.78, 5) is 0. The van der Waals surface area contributed by atoms with E-state index in [0.29, 0.717) is 0 Å². The maximum Gasteiger partial charge on any atom is 0.137 e. The lowest BCUT2D eigenvalue weighted by Crippen LogP contribution is -1.91. The average molecular weight is 436 g/mol. The highest BCUT2D eigenvalue weighted by Crippen LogP contribution is 2.36. The molecule has 160 valence electrons. The van der Waals surface area contributed by atoms with Crippen molar-refractivity contribution in [3.8, 4) is 11.1 Å². The first kappa shape index (κ1) is 19.0. The third kappa shape index (κ3) is 3.04. The molecule has 0 radical (unpaired) electrons. The maximum atomic E-state index is 6.03.